The molecule has 1 saturated heterocycles. The minimum absolute atomic E-state index is 0.0303. The lowest BCUT2D eigenvalue weighted by Gasteiger charge is -2.10. The van der Waals surface area contributed by atoms with E-state index in [1.165, 1.54) is 12.1 Å². The lowest BCUT2D eigenvalue weighted by atomic mass is 10.2. The predicted molar refractivity (Wildman–Crippen MR) is 78.7 cm³/mol. The van der Waals surface area contributed by atoms with Gasteiger partial charge in [0.2, 0.25) is 18.2 Å². The van der Waals surface area contributed by atoms with Crippen LogP contribution in [0.5, 0.6) is 0 Å². The summed E-state index contributed by atoms with van der Waals surface area (Å²) in [5, 5.41) is 7.27. The molecule has 1 aliphatic rings. The van der Waals surface area contributed by atoms with Gasteiger partial charge >= 0.3 is 0 Å². The topological polar surface area (TPSA) is 111 Å². The van der Waals surface area contributed by atoms with E-state index in [1.807, 2.05) is 0 Å². The standard InChI is InChI=1S/C14H15N3O5S/c18-13(8-11-4-2-6-21-11)17-23(19,20)12-5-1-3-10(7-12)14-16-15-9-22-14/h1,3,5,7,9,11H,2,4,6,8H2,(H,17,18). The van der Waals surface area contributed by atoms with Crippen LogP contribution in [0, 0.1) is 0 Å². The Labute approximate surface area is 132 Å². The van der Waals surface area contributed by atoms with E-state index in [1.54, 1.807) is 12.1 Å². The highest BCUT2D eigenvalue weighted by molar-refractivity contribution is 7.90. The van der Waals surface area contributed by atoms with E-state index in [0.717, 1.165) is 19.2 Å². The molecule has 2 aromatic rings. The molecule has 3 rings (SSSR count). The van der Waals surface area contributed by atoms with Gasteiger partial charge in [-0.3, -0.25) is 4.79 Å². The molecule has 1 aromatic heterocycles. The van der Waals surface area contributed by atoms with Gasteiger partial charge in [-0.2, -0.15) is 0 Å². The van der Waals surface area contributed by atoms with E-state index in [0.29, 0.717) is 12.2 Å². The fraction of sp³-hybridized carbons (Fsp3) is 0.357. The van der Waals surface area contributed by atoms with Gasteiger partial charge in [-0.25, -0.2) is 13.1 Å². The number of hydrogen-bond acceptors (Lipinski definition) is 7. The smallest absolute Gasteiger partial charge is 0.264 e. The quantitative estimate of drug-likeness (QED) is 0.870. The highest BCUT2D eigenvalue weighted by Crippen LogP contribution is 2.20. The van der Waals surface area contributed by atoms with Gasteiger partial charge < -0.3 is 9.15 Å². The van der Waals surface area contributed by atoms with Crippen molar-refractivity contribution < 1.29 is 22.4 Å². The molecule has 1 aromatic carbocycles. The van der Waals surface area contributed by atoms with Crippen molar-refractivity contribution in [2.45, 2.75) is 30.3 Å². The van der Waals surface area contributed by atoms with Crippen molar-refractivity contribution >= 4 is 15.9 Å². The van der Waals surface area contributed by atoms with Gasteiger partial charge in [-0.05, 0) is 31.0 Å². The zero-order chi connectivity index (χ0) is 16.3. The molecule has 0 radical (unpaired) electrons. The second-order valence-corrected chi connectivity index (χ2v) is 6.82. The number of benzene rings is 1. The summed E-state index contributed by atoms with van der Waals surface area (Å²) in [6.45, 7) is 0.608. The summed E-state index contributed by atoms with van der Waals surface area (Å²) in [6, 6.07) is 5.94. The number of amides is 1. The van der Waals surface area contributed by atoms with Crippen molar-refractivity contribution in [3.8, 4) is 11.5 Å². The fourth-order valence-corrected chi connectivity index (χ4v) is 3.40. The van der Waals surface area contributed by atoms with Crippen LogP contribution in [0.25, 0.3) is 11.5 Å². The molecular formula is C14H15N3O5S. The van der Waals surface area contributed by atoms with Gasteiger partial charge in [0.15, 0.2) is 0 Å². The Morgan fingerprint density at radius 2 is 2.26 bits per heavy atom. The normalized spacial score (nSPS) is 18.0. The van der Waals surface area contributed by atoms with Crippen LogP contribution in [0.4, 0.5) is 0 Å². The number of sulfonamides is 1. The van der Waals surface area contributed by atoms with Gasteiger partial charge in [0.25, 0.3) is 10.0 Å². The molecule has 0 spiro atoms. The number of carbonyl (C=O) groups is 1. The zero-order valence-electron chi connectivity index (χ0n) is 12.1. The maximum atomic E-state index is 12.3. The number of nitrogens with zero attached hydrogens (tertiary/aromatic N) is 2. The molecule has 2 heterocycles. The molecule has 1 amide bonds. The Kier molecular flexibility index (Phi) is 4.39. The summed E-state index contributed by atoms with van der Waals surface area (Å²) in [5.74, 6) is -0.382. The minimum atomic E-state index is -3.96. The highest BCUT2D eigenvalue weighted by Gasteiger charge is 2.23. The average molecular weight is 337 g/mol. The second kappa shape index (κ2) is 6.47. The number of carbonyl (C=O) groups excluding carboxylic acids is 1. The van der Waals surface area contributed by atoms with Crippen molar-refractivity contribution in [2.75, 3.05) is 6.61 Å². The molecule has 1 fully saturated rings. The molecule has 1 unspecified atom stereocenters. The largest absolute Gasteiger partial charge is 0.423 e. The van der Waals surface area contributed by atoms with Crippen molar-refractivity contribution in [1.29, 1.82) is 0 Å². The van der Waals surface area contributed by atoms with E-state index in [4.69, 9.17) is 9.15 Å². The predicted octanol–water partition coefficient (Wildman–Crippen LogP) is 1.11. The summed E-state index contributed by atoms with van der Waals surface area (Å²) in [4.78, 5) is 11.8. The van der Waals surface area contributed by atoms with Crippen LogP contribution in [-0.2, 0) is 19.6 Å². The lowest BCUT2D eigenvalue weighted by Crippen LogP contribution is -2.32. The molecule has 0 bridgehead atoms. The molecule has 0 saturated carbocycles. The first-order valence-corrected chi connectivity index (χ1v) is 8.57. The van der Waals surface area contributed by atoms with E-state index >= 15 is 0 Å². The Hall–Kier alpha value is -2.26. The number of hydrogen-bond donors (Lipinski definition) is 1. The molecule has 9 heteroatoms. The molecule has 0 aliphatic carbocycles. The Balaban J connectivity index is 1.74. The van der Waals surface area contributed by atoms with Crippen LogP contribution in [0.2, 0.25) is 0 Å². The first kappa shape index (κ1) is 15.6. The third-order valence-corrected chi connectivity index (χ3v) is 4.81. The Bertz CT molecular complexity index is 783. The van der Waals surface area contributed by atoms with Crippen LogP contribution in [-0.4, -0.2) is 37.2 Å². The number of nitrogens with one attached hydrogen (secondary N) is 1. The summed E-state index contributed by atoms with van der Waals surface area (Å²) in [5.41, 5.74) is 0.456. The Morgan fingerprint density at radius 1 is 1.39 bits per heavy atom. The van der Waals surface area contributed by atoms with Crippen LogP contribution in [0.1, 0.15) is 19.3 Å². The van der Waals surface area contributed by atoms with Crippen molar-refractivity contribution in [3.05, 3.63) is 30.7 Å². The van der Waals surface area contributed by atoms with E-state index in [-0.39, 0.29) is 23.3 Å². The van der Waals surface area contributed by atoms with Crippen LogP contribution in [0.3, 0.4) is 0 Å². The Morgan fingerprint density at radius 3 is 2.96 bits per heavy atom. The van der Waals surface area contributed by atoms with Gasteiger partial charge in [0.1, 0.15) is 0 Å². The van der Waals surface area contributed by atoms with Crippen LogP contribution >= 0.6 is 0 Å². The summed E-state index contributed by atoms with van der Waals surface area (Å²) in [7, 11) is -3.96. The average Bonchev–Trinajstić information content (AvgIpc) is 3.20. The maximum Gasteiger partial charge on any atom is 0.264 e. The number of ether oxygens (including phenoxy) is 1. The monoisotopic (exact) mass is 337 g/mol. The lowest BCUT2D eigenvalue weighted by molar-refractivity contribution is -0.121. The van der Waals surface area contributed by atoms with Gasteiger partial charge in [-0.1, -0.05) is 6.07 Å². The summed E-state index contributed by atoms with van der Waals surface area (Å²) in [6.07, 6.45) is 2.62. The van der Waals surface area contributed by atoms with Crippen LogP contribution < -0.4 is 4.72 Å². The molecule has 122 valence electrons. The molecule has 1 N–H and O–H groups in total. The van der Waals surface area contributed by atoms with Gasteiger partial charge in [-0.15, -0.1) is 10.2 Å². The third kappa shape index (κ3) is 3.74. The molecule has 8 nitrogen and oxygen atoms in total. The zero-order valence-corrected chi connectivity index (χ0v) is 13.0. The van der Waals surface area contributed by atoms with E-state index < -0.39 is 15.9 Å². The van der Waals surface area contributed by atoms with Crippen molar-refractivity contribution in [2.24, 2.45) is 0 Å². The summed E-state index contributed by atoms with van der Waals surface area (Å²) >= 11 is 0. The third-order valence-electron chi connectivity index (χ3n) is 3.44. The number of aromatic nitrogens is 2. The van der Waals surface area contributed by atoms with Crippen molar-refractivity contribution in [3.63, 3.8) is 0 Å². The SMILES string of the molecule is O=C(CC1CCCO1)NS(=O)(=O)c1cccc(-c2nnco2)c1. The molecule has 1 atom stereocenters. The van der Waals surface area contributed by atoms with Gasteiger partial charge in [0, 0.05) is 12.2 Å². The molecular weight excluding hydrogens is 322 g/mol. The second-order valence-electron chi connectivity index (χ2n) is 5.14. The number of rotatable bonds is 5. The minimum Gasteiger partial charge on any atom is -0.423 e. The first-order valence-electron chi connectivity index (χ1n) is 7.08. The van der Waals surface area contributed by atoms with Crippen LogP contribution in [0.15, 0.2) is 40.0 Å². The molecule has 23 heavy (non-hydrogen) atoms. The first-order chi connectivity index (χ1) is 11.0. The fourth-order valence-electron chi connectivity index (χ4n) is 2.36. The van der Waals surface area contributed by atoms with Crippen molar-refractivity contribution in [1.82, 2.24) is 14.9 Å². The van der Waals surface area contributed by atoms with E-state index in [2.05, 4.69) is 14.9 Å². The van der Waals surface area contributed by atoms with Gasteiger partial charge in [0.05, 0.1) is 17.4 Å². The highest BCUT2D eigenvalue weighted by atomic mass is 32.2. The molecule has 1 aliphatic heterocycles. The van der Waals surface area contributed by atoms with E-state index in [9.17, 15) is 13.2 Å². The summed E-state index contributed by atoms with van der Waals surface area (Å²) < 4.78 is 37.0. The maximum absolute atomic E-state index is 12.3.